The number of rotatable bonds is 4. The SMILES string of the molecule is Cc1nc(N(C(=O)OC(C)(C)C)C(=O)OC(C)(C)C)nc2c1ccn2[C@@H]1O[C@@H]2[C@H](Cc3ccc4cc(Br)c(N)nc4c3)CC[C@]2(O)[C@H]1O. The van der Waals surface area contributed by atoms with E-state index in [1.807, 2.05) is 24.3 Å². The summed E-state index contributed by atoms with van der Waals surface area (Å²) in [6, 6.07) is 9.68. The van der Waals surface area contributed by atoms with Gasteiger partial charge in [0.25, 0.3) is 0 Å². The first kappa shape index (κ1) is 34.0. The fraction of sp³-hybridized carbons (Fsp3) is 0.500. The van der Waals surface area contributed by atoms with Crippen LogP contribution < -0.4 is 10.6 Å². The predicted octanol–water partition coefficient (Wildman–Crippen LogP) is 5.95. The zero-order chi connectivity index (χ0) is 34.9. The van der Waals surface area contributed by atoms with Gasteiger partial charge in [-0.05, 0) is 113 Å². The number of benzene rings is 1. The Morgan fingerprint density at radius 3 is 2.40 bits per heavy atom. The third-order valence-electron chi connectivity index (χ3n) is 8.64. The molecule has 4 N–H and O–H groups in total. The van der Waals surface area contributed by atoms with Gasteiger partial charge in [0.15, 0.2) is 6.23 Å². The molecule has 0 bridgehead atoms. The first-order valence-corrected chi connectivity index (χ1v) is 16.7. The van der Waals surface area contributed by atoms with Crippen LogP contribution in [-0.4, -0.2) is 70.9 Å². The predicted molar refractivity (Wildman–Crippen MR) is 182 cm³/mol. The van der Waals surface area contributed by atoms with Crippen LogP contribution >= 0.6 is 15.9 Å². The van der Waals surface area contributed by atoms with Crippen molar-refractivity contribution in [3.05, 3.63) is 52.3 Å². The molecule has 6 rings (SSSR count). The molecule has 1 saturated carbocycles. The number of hydrogen-bond donors (Lipinski definition) is 3. The number of fused-ring (bicyclic) bond motifs is 3. The van der Waals surface area contributed by atoms with Gasteiger partial charge >= 0.3 is 12.2 Å². The molecule has 1 aliphatic carbocycles. The summed E-state index contributed by atoms with van der Waals surface area (Å²) in [7, 11) is 0. The number of hydrogen-bond acceptors (Lipinski definition) is 11. The molecule has 4 aromatic rings. The van der Waals surface area contributed by atoms with E-state index in [4.69, 9.17) is 19.9 Å². The summed E-state index contributed by atoms with van der Waals surface area (Å²) in [6.45, 7) is 11.8. The highest BCUT2D eigenvalue weighted by Gasteiger charge is 2.61. The summed E-state index contributed by atoms with van der Waals surface area (Å²) < 4.78 is 19.9. The number of ether oxygens (including phenoxy) is 3. The minimum absolute atomic E-state index is 0.0940. The zero-order valence-electron chi connectivity index (χ0n) is 28.0. The minimum Gasteiger partial charge on any atom is -0.443 e. The van der Waals surface area contributed by atoms with Gasteiger partial charge in [-0.25, -0.2) is 19.6 Å². The molecule has 13 nitrogen and oxygen atoms in total. The summed E-state index contributed by atoms with van der Waals surface area (Å²) in [4.78, 5) is 40.9. The van der Waals surface area contributed by atoms with Crippen molar-refractivity contribution >= 4 is 61.8 Å². The Bertz CT molecular complexity index is 1890. The minimum atomic E-state index is -1.50. The van der Waals surface area contributed by atoms with Crippen LogP contribution in [0.4, 0.5) is 21.4 Å². The normalized spacial score (nSPS) is 24.2. The number of amides is 2. The number of imide groups is 1. The van der Waals surface area contributed by atoms with E-state index in [2.05, 4.69) is 30.9 Å². The van der Waals surface area contributed by atoms with Crippen molar-refractivity contribution in [2.24, 2.45) is 5.92 Å². The maximum atomic E-state index is 13.3. The molecule has 256 valence electrons. The van der Waals surface area contributed by atoms with Crippen molar-refractivity contribution in [1.29, 1.82) is 0 Å². The number of anilines is 2. The Hall–Kier alpha value is -3.85. The van der Waals surface area contributed by atoms with Crippen LogP contribution in [0.1, 0.15) is 71.9 Å². The number of pyridine rings is 1. The van der Waals surface area contributed by atoms with E-state index in [1.165, 1.54) is 0 Å². The first-order valence-electron chi connectivity index (χ1n) is 15.9. The summed E-state index contributed by atoms with van der Waals surface area (Å²) in [5, 5.41) is 24.9. The third kappa shape index (κ3) is 6.33. The van der Waals surface area contributed by atoms with Crippen molar-refractivity contribution in [2.45, 2.75) is 103 Å². The van der Waals surface area contributed by atoms with E-state index in [-0.39, 0.29) is 11.9 Å². The molecule has 48 heavy (non-hydrogen) atoms. The standard InChI is InChI=1S/C34H41BrN6O7/c1-17-21-11-13-40(27(21)39-29(37-17)41(30(43)47-32(2,3)4)31(44)48-33(5,6)7)28-24(42)34(45)12-10-20(25(34)46-28)14-18-8-9-19-16-22(35)26(36)38-23(19)15-18/h8-9,11,13,15-16,20,24-25,28,42,45H,10,12,14H2,1-7H3,(H2,36,38)/t20-,24-,25+,28+,34-/m0/s1. The lowest BCUT2D eigenvalue weighted by molar-refractivity contribution is -0.0675. The lowest BCUT2D eigenvalue weighted by Crippen LogP contribution is -2.45. The van der Waals surface area contributed by atoms with Crippen LogP contribution in [0.25, 0.3) is 21.9 Å². The molecule has 2 fully saturated rings. The Morgan fingerprint density at radius 1 is 1.08 bits per heavy atom. The van der Waals surface area contributed by atoms with Crippen molar-refractivity contribution < 1.29 is 34.0 Å². The van der Waals surface area contributed by atoms with E-state index in [0.29, 0.717) is 46.7 Å². The number of carbonyl (C=O) groups excluding carboxylic acids is 2. The molecular formula is C34H41BrN6O7. The van der Waals surface area contributed by atoms with Gasteiger partial charge in [-0.15, -0.1) is 4.90 Å². The molecule has 3 aromatic heterocycles. The number of aliphatic hydroxyl groups is 2. The fourth-order valence-electron chi connectivity index (χ4n) is 6.52. The average Bonchev–Trinajstić information content (AvgIpc) is 3.59. The summed E-state index contributed by atoms with van der Waals surface area (Å²) >= 11 is 3.42. The number of nitrogens with two attached hydrogens (primary N) is 1. The highest BCUT2D eigenvalue weighted by atomic mass is 79.9. The Labute approximate surface area is 286 Å². The molecular weight excluding hydrogens is 684 g/mol. The topological polar surface area (TPSA) is 175 Å². The second-order valence-electron chi connectivity index (χ2n) is 14.6. The van der Waals surface area contributed by atoms with Gasteiger partial charge in [0.2, 0.25) is 5.95 Å². The average molecular weight is 726 g/mol. The number of carbonyl (C=O) groups is 2. The van der Waals surface area contributed by atoms with Gasteiger partial charge in [-0.3, -0.25) is 0 Å². The van der Waals surface area contributed by atoms with Crippen molar-refractivity contribution in [3.63, 3.8) is 0 Å². The van der Waals surface area contributed by atoms with Crippen LogP contribution in [0.2, 0.25) is 0 Å². The van der Waals surface area contributed by atoms with Gasteiger partial charge in [-0.2, -0.15) is 4.98 Å². The smallest absolute Gasteiger partial charge is 0.427 e. The highest BCUT2D eigenvalue weighted by Crippen LogP contribution is 2.51. The van der Waals surface area contributed by atoms with Crippen molar-refractivity contribution in [3.8, 4) is 0 Å². The summed E-state index contributed by atoms with van der Waals surface area (Å²) in [6.07, 6.45) is -1.69. The number of aliphatic hydroxyl groups excluding tert-OH is 1. The number of aromatic nitrogens is 4. The molecule has 1 aliphatic heterocycles. The van der Waals surface area contributed by atoms with E-state index >= 15 is 0 Å². The van der Waals surface area contributed by atoms with Crippen molar-refractivity contribution in [1.82, 2.24) is 19.5 Å². The van der Waals surface area contributed by atoms with Crippen LogP contribution in [-0.2, 0) is 20.6 Å². The molecule has 0 radical (unpaired) electrons. The number of nitrogens with zero attached hydrogens (tertiary/aromatic N) is 5. The Kier molecular flexibility index (Phi) is 8.46. The van der Waals surface area contributed by atoms with Gasteiger partial charge in [0.05, 0.1) is 21.8 Å². The lowest BCUT2D eigenvalue weighted by Gasteiger charge is -2.28. The molecule has 0 unspecified atom stereocenters. The molecule has 14 heteroatoms. The molecule has 2 amide bonds. The number of nitrogen functional groups attached to an aromatic ring is 1. The van der Waals surface area contributed by atoms with Gasteiger partial charge < -0.3 is 34.7 Å². The van der Waals surface area contributed by atoms with E-state index in [1.54, 1.807) is 65.3 Å². The summed E-state index contributed by atoms with van der Waals surface area (Å²) in [5.41, 5.74) is 5.21. The fourth-order valence-corrected chi connectivity index (χ4v) is 6.86. The van der Waals surface area contributed by atoms with Gasteiger partial charge in [0, 0.05) is 17.0 Å². The molecule has 5 atom stereocenters. The van der Waals surface area contributed by atoms with Gasteiger partial charge in [0.1, 0.15) is 34.4 Å². The monoisotopic (exact) mass is 724 g/mol. The maximum Gasteiger partial charge on any atom is 0.427 e. The van der Waals surface area contributed by atoms with Gasteiger partial charge in [-0.1, -0.05) is 12.1 Å². The first-order chi connectivity index (χ1) is 22.3. The Morgan fingerprint density at radius 2 is 1.75 bits per heavy atom. The number of aryl methyl sites for hydroxylation is 1. The van der Waals surface area contributed by atoms with Crippen LogP contribution in [0, 0.1) is 12.8 Å². The van der Waals surface area contributed by atoms with E-state index < -0.39 is 47.4 Å². The van der Waals surface area contributed by atoms with Crippen molar-refractivity contribution in [2.75, 3.05) is 10.6 Å². The second kappa shape index (κ2) is 11.9. The van der Waals surface area contributed by atoms with E-state index in [0.717, 1.165) is 20.9 Å². The maximum absolute atomic E-state index is 13.3. The Balaban J connectivity index is 1.32. The molecule has 1 aromatic carbocycles. The quantitative estimate of drug-likeness (QED) is 0.227. The van der Waals surface area contributed by atoms with E-state index in [9.17, 15) is 19.8 Å². The second-order valence-corrected chi connectivity index (χ2v) is 15.5. The third-order valence-corrected chi connectivity index (χ3v) is 9.28. The molecule has 0 spiro atoms. The van der Waals surface area contributed by atoms with Crippen LogP contribution in [0.3, 0.4) is 0 Å². The largest absolute Gasteiger partial charge is 0.443 e. The molecule has 1 saturated heterocycles. The molecule has 2 aliphatic rings. The number of halogens is 1. The van der Waals surface area contributed by atoms with Crippen LogP contribution in [0.15, 0.2) is 41.0 Å². The summed E-state index contributed by atoms with van der Waals surface area (Å²) in [5.74, 6) is 0.0511. The lowest BCUT2D eigenvalue weighted by atomic mass is 9.90. The zero-order valence-corrected chi connectivity index (χ0v) is 29.6. The van der Waals surface area contributed by atoms with Crippen LogP contribution in [0.5, 0.6) is 0 Å². The molecule has 4 heterocycles. The highest BCUT2D eigenvalue weighted by molar-refractivity contribution is 9.10.